The normalized spacial score (nSPS) is 16.0. The number of ether oxygens (including phenoxy) is 2. The second kappa shape index (κ2) is 6.10. The number of benzene rings is 1. The number of carbonyl (C=O) groups excluding carboxylic acids is 1. The predicted octanol–water partition coefficient (Wildman–Crippen LogP) is 2.40. The fourth-order valence-electron chi connectivity index (χ4n) is 2.49. The highest BCUT2D eigenvalue weighted by molar-refractivity contribution is 5.96. The highest BCUT2D eigenvalue weighted by Gasteiger charge is 2.18. The van der Waals surface area contributed by atoms with Crippen LogP contribution in [0.15, 0.2) is 30.3 Å². The quantitative estimate of drug-likeness (QED) is 0.877. The SMILES string of the molecule is Nc1cc(C(=O)OCC2CCOCC2)nc2ccccc12. The summed E-state index contributed by atoms with van der Waals surface area (Å²) in [5, 5.41) is 0.846. The topological polar surface area (TPSA) is 74.4 Å². The lowest BCUT2D eigenvalue weighted by Gasteiger charge is -2.21. The van der Waals surface area contributed by atoms with Crippen LogP contribution < -0.4 is 5.73 Å². The van der Waals surface area contributed by atoms with E-state index in [0.29, 0.717) is 23.7 Å². The molecule has 1 aromatic heterocycles. The Bertz CT molecular complexity index is 651. The first-order valence-corrected chi connectivity index (χ1v) is 7.14. The van der Waals surface area contributed by atoms with Crippen LogP contribution in [0.5, 0.6) is 0 Å². The Morgan fingerprint density at radius 3 is 2.90 bits per heavy atom. The van der Waals surface area contributed by atoms with Gasteiger partial charge in [0.15, 0.2) is 5.69 Å². The molecule has 110 valence electrons. The van der Waals surface area contributed by atoms with E-state index in [4.69, 9.17) is 15.2 Å². The van der Waals surface area contributed by atoms with E-state index in [1.807, 2.05) is 24.3 Å². The van der Waals surface area contributed by atoms with Gasteiger partial charge in [-0.25, -0.2) is 9.78 Å². The maximum Gasteiger partial charge on any atom is 0.357 e. The van der Waals surface area contributed by atoms with Crippen LogP contribution in [0.3, 0.4) is 0 Å². The van der Waals surface area contributed by atoms with Crippen molar-refractivity contribution in [3.05, 3.63) is 36.0 Å². The number of hydrogen-bond donors (Lipinski definition) is 1. The van der Waals surface area contributed by atoms with Gasteiger partial charge in [0.2, 0.25) is 0 Å². The molecule has 1 fully saturated rings. The minimum atomic E-state index is -0.418. The lowest BCUT2D eigenvalue weighted by molar-refractivity contribution is 0.0182. The van der Waals surface area contributed by atoms with Crippen molar-refractivity contribution in [2.75, 3.05) is 25.6 Å². The summed E-state index contributed by atoms with van der Waals surface area (Å²) in [6.07, 6.45) is 1.86. The summed E-state index contributed by atoms with van der Waals surface area (Å²) in [5.41, 5.74) is 7.48. The van der Waals surface area contributed by atoms with Crippen molar-refractivity contribution in [1.29, 1.82) is 0 Å². The largest absolute Gasteiger partial charge is 0.461 e. The van der Waals surface area contributed by atoms with E-state index in [1.54, 1.807) is 6.07 Å². The minimum Gasteiger partial charge on any atom is -0.461 e. The summed E-state index contributed by atoms with van der Waals surface area (Å²) in [7, 11) is 0. The first-order chi connectivity index (χ1) is 10.2. The molecule has 1 aliphatic heterocycles. The number of hydrogen-bond acceptors (Lipinski definition) is 5. The van der Waals surface area contributed by atoms with Gasteiger partial charge in [0.05, 0.1) is 12.1 Å². The molecule has 0 amide bonds. The molecule has 3 rings (SSSR count). The van der Waals surface area contributed by atoms with Crippen molar-refractivity contribution < 1.29 is 14.3 Å². The summed E-state index contributed by atoms with van der Waals surface area (Å²) < 4.78 is 10.6. The van der Waals surface area contributed by atoms with Crippen LogP contribution in [-0.4, -0.2) is 30.8 Å². The highest BCUT2D eigenvalue weighted by atomic mass is 16.5. The lowest BCUT2D eigenvalue weighted by atomic mass is 10.0. The Morgan fingerprint density at radius 1 is 1.33 bits per heavy atom. The molecule has 1 aromatic carbocycles. The van der Waals surface area contributed by atoms with Gasteiger partial charge in [-0.05, 0) is 30.9 Å². The molecule has 0 unspecified atom stereocenters. The van der Waals surface area contributed by atoms with Gasteiger partial charge in [-0.1, -0.05) is 18.2 Å². The molecular weight excluding hydrogens is 268 g/mol. The Morgan fingerprint density at radius 2 is 2.10 bits per heavy atom. The van der Waals surface area contributed by atoms with Crippen LogP contribution >= 0.6 is 0 Å². The summed E-state index contributed by atoms with van der Waals surface area (Å²) >= 11 is 0. The van der Waals surface area contributed by atoms with Crippen LogP contribution in [-0.2, 0) is 9.47 Å². The molecule has 0 aliphatic carbocycles. The van der Waals surface area contributed by atoms with E-state index in [9.17, 15) is 4.79 Å². The van der Waals surface area contributed by atoms with Crippen LogP contribution in [0, 0.1) is 5.92 Å². The molecule has 0 spiro atoms. The third-order valence-corrected chi connectivity index (χ3v) is 3.75. The number of carbonyl (C=O) groups is 1. The molecule has 0 saturated carbocycles. The van der Waals surface area contributed by atoms with Crippen molar-refractivity contribution >= 4 is 22.6 Å². The smallest absolute Gasteiger partial charge is 0.357 e. The van der Waals surface area contributed by atoms with E-state index < -0.39 is 5.97 Å². The molecule has 2 aromatic rings. The van der Waals surface area contributed by atoms with Crippen LogP contribution in [0.4, 0.5) is 5.69 Å². The molecule has 0 atom stereocenters. The van der Waals surface area contributed by atoms with Crippen molar-refractivity contribution in [3.63, 3.8) is 0 Å². The third kappa shape index (κ3) is 3.13. The van der Waals surface area contributed by atoms with E-state index in [-0.39, 0.29) is 5.69 Å². The average Bonchev–Trinajstić information content (AvgIpc) is 2.53. The molecule has 1 saturated heterocycles. The number of fused-ring (bicyclic) bond motifs is 1. The molecule has 0 bridgehead atoms. The molecule has 2 heterocycles. The number of nitrogens with zero attached hydrogens (tertiary/aromatic N) is 1. The number of aromatic nitrogens is 1. The second-order valence-electron chi connectivity index (χ2n) is 5.27. The standard InChI is InChI=1S/C16H18N2O3/c17-13-9-15(18-14-4-2-1-3-12(13)14)16(19)21-10-11-5-7-20-8-6-11/h1-4,9,11H,5-8,10H2,(H2,17,18). The first kappa shape index (κ1) is 13.8. The van der Waals surface area contributed by atoms with E-state index >= 15 is 0 Å². The molecule has 5 heteroatoms. The average molecular weight is 286 g/mol. The zero-order valence-electron chi connectivity index (χ0n) is 11.7. The van der Waals surface area contributed by atoms with Gasteiger partial charge in [0.25, 0.3) is 0 Å². The van der Waals surface area contributed by atoms with E-state index in [1.165, 1.54) is 0 Å². The molecule has 21 heavy (non-hydrogen) atoms. The van der Waals surface area contributed by atoms with Gasteiger partial charge in [-0.15, -0.1) is 0 Å². The van der Waals surface area contributed by atoms with Gasteiger partial charge < -0.3 is 15.2 Å². The first-order valence-electron chi connectivity index (χ1n) is 7.14. The van der Waals surface area contributed by atoms with Crippen molar-refractivity contribution in [2.24, 2.45) is 5.92 Å². The second-order valence-corrected chi connectivity index (χ2v) is 5.27. The molecule has 2 N–H and O–H groups in total. The van der Waals surface area contributed by atoms with Crippen LogP contribution in [0.2, 0.25) is 0 Å². The summed E-state index contributed by atoms with van der Waals surface area (Å²) in [6.45, 7) is 1.89. The minimum absolute atomic E-state index is 0.262. The molecular formula is C16H18N2O3. The van der Waals surface area contributed by atoms with Crippen molar-refractivity contribution in [2.45, 2.75) is 12.8 Å². The van der Waals surface area contributed by atoms with Crippen molar-refractivity contribution in [1.82, 2.24) is 4.98 Å². The Hall–Kier alpha value is -2.14. The number of rotatable bonds is 3. The number of nitrogens with two attached hydrogens (primary N) is 1. The van der Waals surface area contributed by atoms with E-state index in [0.717, 1.165) is 31.4 Å². The number of pyridine rings is 1. The zero-order valence-corrected chi connectivity index (χ0v) is 11.7. The van der Waals surface area contributed by atoms with Crippen LogP contribution in [0.25, 0.3) is 10.9 Å². The van der Waals surface area contributed by atoms with Gasteiger partial charge in [-0.3, -0.25) is 0 Å². The number of anilines is 1. The monoisotopic (exact) mass is 286 g/mol. The summed E-state index contributed by atoms with van der Waals surface area (Å²) in [4.78, 5) is 16.4. The number of para-hydroxylation sites is 1. The Balaban J connectivity index is 1.72. The fourth-order valence-corrected chi connectivity index (χ4v) is 2.49. The van der Waals surface area contributed by atoms with Gasteiger partial charge >= 0.3 is 5.97 Å². The number of esters is 1. The summed E-state index contributed by atoms with van der Waals surface area (Å²) in [5.74, 6) is -0.0422. The molecule has 5 nitrogen and oxygen atoms in total. The predicted molar refractivity (Wildman–Crippen MR) is 80.0 cm³/mol. The Kier molecular flexibility index (Phi) is 4.01. The van der Waals surface area contributed by atoms with Crippen molar-refractivity contribution in [3.8, 4) is 0 Å². The zero-order chi connectivity index (χ0) is 14.7. The van der Waals surface area contributed by atoms with E-state index in [2.05, 4.69) is 4.98 Å². The third-order valence-electron chi connectivity index (χ3n) is 3.75. The Labute approximate surface area is 123 Å². The number of nitrogen functional groups attached to an aromatic ring is 1. The molecule has 0 radical (unpaired) electrons. The van der Waals surface area contributed by atoms with Crippen LogP contribution in [0.1, 0.15) is 23.3 Å². The molecule has 1 aliphatic rings. The van der Waals surface area contributed by atoms with Gasteiger partial charge in [0, 0.05) is 24.3 Å². The summed E-state index contributed by atoms with van der Waals surface area (Å²) in [6, 6.07) is 9.06. The maximum absolute atomic E-state index is 12.1. The van der Waals surface area contributed by atoms with Gasteiger partial charge in [-0.2, -0.15) is 0 Å². The highest BCUT2D eigenvalue weighted by Crippen LogP contribution is 2.21. The van der Waals surface area contributed by atoms with Gasteiger partial charge in [0.1, 0.15) is 0 Å². The maximum atomic E-state index is 12.1. The lowest BCUT2D eigenvalue weighted by Crippen LogP contribution is -2.22. The fraction of sp³-hybridized carbons (Fsp3) is 0.375.